The van der Waals surface area contributed by atoms with Crippen LogP contribution in [0.2, 0.25) is 0 Å². The predicted molar refractivity (Wildman–Crippen MR) is 123 cm³/mol. The van der Waals surface area contributed by atoms with E-state index in [1.807, 2.05) is 0 Å². The molecular weight excluding hydrogens is 452 g/mol. The molecule has 0 radical (unpaired) electrons. The molecule has 0 fully saturated rings. The number of nitrogens with one attached hydrogen (secondary N) is 1. The van der Waals surface area contributed by atoms with Crippen molar-refractivity contribution in [3.05, 3.63) is 54.1 Å². The fourth-order valence-corrected chi connectivity index (χ4v) is 3.88. The lowest BCUT2D eigenvalue weighted by molar-refractivity contribution is -0.129. The molecule has 3 N–H and O–H groups in total. The molecule has 0 heterocycles. The first-order chi connectivity index (χ1) is 14.8. The molecule has 2 rings (SSSR count). The van der Waals surface area contributed by atoms with E-state index in [1.54, 1.807) is 52.0 Å². The van der Waals surface area contributed by atoms with Crippen LogP contribution in [0.15, 0.2) is 58.3 Å². The number of sulfonamides is 1. The van der Waals surface area contributed by atoms with Gasteiger partial charge in [-0.3, -0.25) is 9.59 Å². The van der Waals surface area contributed by atoms with Gasteiger partial charge in [-0.05, 0) is 43.3 Å². The Bertz CT molecular complexity index is 1110. The smallest absolute Gasteiger partial charge is 0.339 e. The summed E-state index contributed by atoms with van der Waals surface area (Å²) >= 11 is 1.16. The number of hydrogen-bond donors (Lipinski definition) is 2. The van der Waals surface area contributed by atoms with E-state index in [1.165, 1.54) is 24.3 Å². The van der Waals surface area contributed by atoms with Gasteiger partial charge in [0, 0.05) is 16.0 Å². The van der Waals surface area contributed by atoms with Crippen LogP contribution in [0.4, 0.5) is 5.69 Å². The fraction of sp³-hybridized carbons (Fsp3) is 0.318. The molecule has 172 valence electrons. The van der Waals surface area contributed by atoms with E-state index >= 15 is 0 Å². The molecule has 2 aromatic rings. The molecule has 1 atom stereocenters. The van der Waals surface area contributed by atoms with Crippen molar-refractivity contribution in [1.29, 1.82) is 0 Å². The Hall–Kier alpha value is -2.69. The molecule has 1 amide bonds. The minimum Gasteiger partial charge on any atom is -0.454 e. The number of primary sulfonamides is 1. The third kappa shape index (κ3) is 7.18. The SMILES string of the molecule is CC(Sc1ccccc1C(=O)OCC(=O)C(C)(C)C)C(=O)Nc1ccc(S(N)(=O)=O)cc1. The average Bonchev–Trinajstić information content (AvgIpc) is 2.71. The van der Waals surface area contributed by atoms with Gasteiger partial charge in [-0.1, -0.05) is 32.9 Å². The highest BCUT2D eigenvalue weighted by Crippen LogP contribution is 2.28. The van der Waals surface area contributed by atoms with Gasteiger partial charge in [0.25, 0.3) is 0 Å². The second kappa shape index (κ2) is 10.3. The van der Waals surface area contributed by atoms with Gasteiger partial charge in [-0.15, -0.1) is 11.8 Å². The second-order valence-electron chi connectivity index (χ2n) is 8.06. The van der Waals surface area contributed by atoms with Crippen molar-refractivity contribution < 1.29 is 27.5 Å². The minimum absolute atomic E-state index is 0.0599. The van der Waals surface area contributed by atoms with Crippen molar-refractivity contribution >= 4 is 45.1 Å². The summed E-state index contributed by atoms with van der Waals surface area (Å²) in [6.45, 7) is 6.58. The lowest BCUT2D eigenvalue weighted by atomic mass is 9.91. The molecule has 0 bridgehead atoms. The van der Waals surface area contributed by atoms with E-state index in [0.717, 1.165) is 11.8 Å². The Kier molecular flexibility index (Phi) is 8.22. The highest BCUT2D eigenvalue weighted by Gasteiger charge is 2.24. The van der Waals surface area contributed by atoms with Crippen LogP contribution < -0.4 is 10.5 Å². The van der Waals surface area contributed by atoms with Crippen LogP contribution in [0.5, 0.6) is 0 Å². The number of hydrogen-bond acceptors (Lipinski definition) is 7. The zero-order chi connectivity index (χ0) is 24.1. The summed E-state index contributed by atoms with van der Waals surface area (Å²) in [7, 11) is -3.82. The first-order valence-electron chi connectivity index (χ1n) is 9.69. The van der Waals surface area contributed by atoms with E-state index in [-0.39, 0.29) is 28.8 Å². The van der Waals surface area contributed by atoms with E-state index in [0.29, 0.717) is 10.6 Å². The first-order valence-corrected chi connectivity index (χ1v) is 12.1. The third-order valence-electron chi connectivity index (χ3n) is 4.40. The number of Topliss-reactive ketones (excluding diaryl/α,β-unsaturated/α-hetero) is 1. The quantitative estimate of drug-likeness (QED) is 0.440. The summed E-state index contributed by atoms with van der Waals surface area (Å²) in [5, 5.41) is 7.17. The van der Waals surface area contributed by atoms with Crippen LogP contribution in [-0.4, -0.2) is 37.9 Å². The molecule has 8 nitrogen and oxygen atoms in total. The van der Waals surface area contributed by atoms with Gasteiger partial charge in [0.05, 0.1) is 15.7 Å². The Morgan fingerprint density at radius 3 is 2.22 bits per heavy atom. The number of ketones is 1. The van der Waals surface area contributed by atoms with Crippen molar-refractivity contribution in [3.8, 4) is 0 Å². The van der Waals surface area contributed by atoms with Crippen molar-refractivity contribution in [2.75, 3.05) is 11.9 Å². The number of rotatable bonds is 8. The number of benzene rings is 2. The number of ether oxygens (including phenoxy) is 1. The standard InChI is InChI=1S/C22H26N2O6S2/c1-14(20(26)24-15-9-11-16(12-10-15)32(23,28)29)31-18-8-6-5-7-17(18)21(27)30-13-19(25)22(2,3)4/h5-12,14H,13H2,1-4H3,(H,24,26)(H2,23,28,29). The predicted octanol–water partition coefficient (Wildman–Crippen LogP) is 3.23. The normalized spacial score (nSPS) is 12.7. The summed E-state index contributed by atoms with van der Waals surface area (Å²) in [5.41, 5.74) is 0.0489. The molecule has 32 heavy (non-hydrogen) atoms. The number of nitrogens with two attached hydrogens (primary N) is 1. The van der Waals surface area contributed by atoms with Crippen LogP contribution in [-0.2, 0) is 24.3 Å². The molecule has 0 aliphatic heterocycles. The minimum atomic E-state index is -3.82. The lowest BCUT2D eigenvalue weighted by Crippen LogP contribution is -2.26. The highest BCUT2D eigenvalue weighted by molar-refractivity contribution is 8.00. The Morgan fingerprint density at radius 2 is 1.66 bits per heavy atom. The summed E-state index contributed by atoms with van der Waals surface area (Å²) in [4.78, 5) is 37.6. The maximum Gasteiger partial charge on any atom is 0.339 e. The third-order valence-corrected chi connectivity index (χ3v) is 6.51. The van der Waals surface area contributed by atoms with E-state index < -0.39 is 26.7 Å². The molecule has 2 aromatic carbocycles. The van der Waals surface area contributed by atoms with Crippen molar-refractivity contribution in [2.24, 2.45) is 10.6 Å². The largest absolute Gasteiger partial charge is 0.454 e. The van der Waals surface area contributed by atoms with Gasteiger partial charge in [0.2, 0.25) is 15.9 Å². The van der Waals surface area contributed by atoms with Gasteiger partial charge in [0.1, 0.15) is 0 Å². The summed E-state index contributed by atoms with van der Waals surface area (Å²) in [6, 6.07) is 12.1. The van der Waals surface area contributed by atoms with Gasteiger partial charge in [-0.2, -0.15) is 0 Å². The van der Waals surface area contributed by atoms with Crippen LogP contribution in [0.25, 0.3) is 0 Å². The zero-order valence-electron chi connectivity index (χ0n) is 18.2. The molecule has 0 aliphatic rings. The highest BCUT2D eigenvalue weighted by atomic mass is 32.2. The van der Waals surface area contributed by atoms with Crippen LogP contribution >= 0.6 is 11.8 Å². The molecule has 1 unspecified atom stereocenters. The lowest BCUT2D eigenvalue weighted by Gasteiger charge is -2.17. The molecule has 0 aromatic heterocycles. The molecule has 0 spiro atoms. The molecule has 0 saturated heterocycles. The topological polar surface area (TPSA) is 133 Å². The number of esters is 1. The van der Waals surface area contributed by atoms with E-state index in [4.69, 9.17) is 9.88 Å². The fourth-order valence-electron chi connectivity index (χ4n) is 2.38. The van der Waals surface area contributed by atoms with Gasteiger partial charge in [-0.25, -0.2) is 18.4 Å². The Morgan fingerprint density at radius 1 is 1.06 bits per heavy atom. The summed E-state index contributed by atoms with van der Waals surface area (Å²) in [6.07, 6.45) is 0. The molecule has 0 saturated carbocycles. The zero-order valence-corrected chi connectivity index (χ0v) is 19.9. The van der Waals surface area contributed by atoms with Gasteiger partial charge < -0.3 is 10.1 Å². The summed E-state index contributed by atoms with van der Waals surface area (Å²) < 4.78 is 27.8. The van der Waals surface area contributed by atoms with Crippen LogP contribution in [0.3, 0.4) is 0 Å². The number of thioether (sulfide) groups is 1. The Labute approximate surface area is 192 Å². The number of anilines is 1. The van der Waals surface area contributed by atoms with Crippen LogP contribution in [0, 0.1) is 5.41 Å². The summed E-state index contributed by atoms with van der Waals surface area (Å²) in [5.74, 6) is -1.18. The molecular formula is C22H26N2O6S2. The van der Waals surface area contributed by atoms with Crippen LogP contribution in [0.1, 0.15) is 38.1 Å². The number of carbonyl (C=O) groups excluding carboxylic acids is 3. The first kappa shape index (κ1) is 25.6. The second-order valence-corrected chi connectivity index (χ2v) is 11.0. The maximum absolute atomic E-state index is 12.6. The number of carbonyl (C=O) groups is 3. The van der Waals surface area contributed by atoms with Crippen molar-refractivity contribution in [1.82, 2.24) is 0 Å². The van der Waals surface area contributed by atoms with E-state index in [9.17, 15) is 22.8 Å². The molecule has 10 heteroatoms. The van der Waals surface area contributed by atoms with Crippen molar-refractivity contribution in [3.63, 3.8) is 0 Å². The average molecular weight is 479 g/mol. The number of amides is 1. The Balaban J connectivity index is 2.05. The van der Waals surface area contributed by atoms with Gasteiger partial charge in [0.15, 0.2) is 12.4 Å². The monoisotopic (exact) mass is 478 g/mol. The van der Waals surface area contributed by atoms with Gasteiger partial charge >= 0.3 is 5.97 Å². The maximum atomic E-state index is 12.6. The van der Waals surface area contributed by atoms with Crippen molar-refractivity contribution in [2.45, 2.75) is 42.7 Å². The van der Waals surface area contributed by atoms with E-state index in [2.05, 4.69) is 5.32 Å². The molecule has 0 aliphatic carbocycles.